The van der Waals surface area contributed by atoms with Crippen LogP contribution in [0, 0.1) is 23.1 Å². The second-order valence-corrected chi connectivity index (χ2v) is 4.29. The smallest absolute Gasteiger partial charge is 0.182 e. The molecule has 4 heteroatoms. The van der Waals surface area contributed by atoms with Gasteiger partial charge in [-0.2, -0.15) is 5.26 Å². The third kappa shape index (κ3) is 2.67. The Kier molecular flexibility index (Phi) is 4.63. The first-order chi connectivity index (χ1) is 7.61. The SMILES string of the molecule is CCCC(C#N)C(=O)c1cccc(Br)c1F. The van der Waals surface area contributed by atoms with Crippen molar-refractivity contribution in [3.8, 4) is 6.07 Å². The van der Waals surface area contributed by atoms with Crippen LogP contribution in [0.25, 0.3) is 0 Å². The molecule has 0 aliphatic carbocycles. The van der Waals surface area contributed by atoms with Crippen LogP contribution < -0.4 is 0 Å². The number of Topliss-reactive ketones (excluding diaryl/α,β-unsaturated/α-hetero) is 1. The highest BCUT2D eigenvalue weighted by atomic mass is 79.9. The minimum absolute atomic E-state index is 0.0191. The highest BCUT2D eigenvalue weighted by Crippen LogP contribution is 2.22. The van der Waals surface area contributed by atoms with Gasteiger partial charge in [0.1, 0.15) is 11.7 Å². The first kappa shape index (κ1) is 12.9. The van der Waals surface area contributed by atoms with Gasteiger partial charge in [-0.3, -0.25) is 4.79 Å². The van der Waals surface area contributed by atoms with Crippen LogP contribution in [0.2, 0.25) is 0 Å². The van der Waals surface area contributed by atoms with Gasteiger partial charge < -0.3 is 0 Å². The van der Waals surface area contributed by atoms with Crippen molar-refractivity contribution in [1.82, 2.24) is 0 Å². The van der Waals surface area contributed by atoms with Gasteiger partial charge in [0.25, 0.3) is 0 Å². The van der Waals surface area contributed by atoms with Crippen molar-refractivity contribution in [2.24, 2.45) is 5.92 Å². The Hall–Kier alpha value is -1.21. The zero-order chi connectivity index (χ0) is 12.1. The summed E-state index contributed by atoms with van der Waals surface area (Å²) in [4.78, 5) is 11.9. The molecule has 1 aromatic rings. The third-order valence-electron chi connectivity index (χ3n) is 2.27. The minimum atomic E-state index is -0.756. The molecule has 0 spiro atoms. The summed E-state index contributed by atoms with van der Waals surface area (Å²) in [5, 5.41) is 8.84. The Bertz CT molecular complexity index is 439. The molecule has 0 aliphatic rings. The molecule has 1 rings (SSSR count). The number of ketones is 1. The molecule has 0 N–H and O–H groups in total. The Morgan fingerprint density at radius 1 is 1.62 bits per heavy atom. The van der Waals surface area contributed by atoms with E-state index in [0.29, 0.717) is 6.42 Å². The molecule has 1 aromatic carbocycles. The van der Waals surface area contributed by atoms with Crippen molar-refractivity contribution < 1.29 is 9.18 Å². The van der Waals surface area contributed by atoms with Crippen molar-refractivity contribution in [2.75, 3.05) is 0 Å². The zero-order valence-electron chi connectivity index (χ0n) is 8.84. The van der Waals surface area contributed by atoms with Crippen LogP contribution in [0.5, 0.6) is 0 Å². The van der Waals surface area contributed by atoms with Gasteiger partial charge in [-0.05, 0) is 34.5 Å². The Morgan fingerprint density at radius 3 is 2.88 bits per heavy atom. The standard InChI is InChI=1S/C12H11BrFNO/c1-2-4-8(7-15)12(16)9-5-3-6-10(13)11(9)14/h3,5-6,8H,2,4H2,1H3. The van der Waals surface area contributed by atoms with Crippen LogP contribution in [0.15, 0.2) is 22.7 Å². The Morgan fingerprint density at radius 2 is 2.31 bits per heavy atom. The van der Waals surface area contributed by atoms with E-state index in [-0.39, 0.29) is 10.0 Å². The Balaban J connectivity index is 3.05. The topological polar surface area (TPSA) is 40.9 Å². The molecular weight excluding hydrogens is 273 g/mol. The average molecular weight is 284 g/mol. The van der Waals surface area contributed by atoms with Crippen LogP contribution in [0.1, 0.15) is 30.1 Å². The molecule has 0 bridgehead atoms. The lowest BCUT2D eigenvalue weighted by Crippen LogP contribution is -2.14. The molecule has 0 heterocycles. The lowest BCUT2D eigenvalue weighted by atomic mass is 9.94. The molecule has 0 saturated carbocycles. The summed E-state index contributed by atoms with van der Waals surface area (Å²) in [5.41, 5.74) is -0.0191. The second kappa shape index (κ2) is 5.76. The van der Waals surface area contributed by atoms with Crippen molar-refractivity contribution in [2.45, 2.75) is 19.8 Å². The summed E-state index contributed by atoms with van der Waals surface area (Å²) >= 11 is 3.01. The molecule has 16 heavy (non-hydrogen) atoms. The number of nitrogens with zero attached hydrogens (tertiary/aromatic N) is 1. The van der Waals surface area contributed by atoms with E-state index in [1.807, 2.05) is 13.0 Å². The molecule has 0 aromatic heterocycles. The van der Waals surface area contributed by atoms with Crippen LogP contribution in [0.4, 0.5) is 4.39 Å². The van der Waals surface area contributed by atoms with Gasteiger partial charge in [0.15, 0.2) is 5.78 Å². The fraction of sp³-hybridized carbons (Fsp3) is 0.333. The van der Waals surface area contributed by atoms with Crippen molar-refractivity contribution in [1.29, 1.82) is 5.26 Å². The molecule has 0 amide bonds. The van der Waals surface area contributed by atoms with E-state index in [9.17, 15) is 9.18 Å². The molecule has 1 atom stereocenters. The van der Waals surface area contributed by atoms with Gasteiger partial charge in [0.05, 0.1) is 16.1 Å². The maximum atomic E-state index is 13.6. The van der Waals surface area contributed by atoms with Crippen LogP contribution in [-0.4, -0.2) is 5.78 Å². The molecule has 84 valence electrons. The number of hydrogen-bond donors (Lipinski definition) is 0. The van der Waals surface area contributed by atoms with Gasteiger partial charge in [0, 0.05) is 0 Å². The largest absolute Gasteiger partial charge is 0.293 e. The van der Waals surface area contributed by atoms with Crippen LogP contribution in [-0.2, 0) is 0 Å². The quantitative estimate of drug-likeness (QED) is 0.791. The van der Waals surface area contributed by atoms with Crippen LogP contribution >= 0.6 is 15.9 Å². The number of carbonyl (C=O) groups is 1. The van der Waals surface area contributed by atoms with Crippen molar-refractivity contribution in [3.63, 3.8) is 0 Å². The molecule has 0 radical (unpaired) electrons. The lowest BCUT2D eigenvalue weighted by Gasteiger charge is -2.08. The van der Waals surface area contributed by atoms with Gasteiger partial charge >= 0.3 is 0 Å². The number of halogens is 2. The first-order valence-electron chi connectivity index (χ1n) is 4.99. The molecule has 1 unspecified atom stereocenters. The first-order valence-corrected chi connectivity index (χ1v) is 5.79. The van der Waals surface area contributed by atoms with Gasteiger partial charge in [-0.1, -0.05) is 19.4 Å². The van der Waals surface area contributed by atoms with E-state index in [1.165, 1.54) is 12.1 Å². The number of benzene rings is 1. The van der Waals surface area contributed by atoms with Gasteiger partial charge in [-0.15, -0.1) is 0 Å². The summed E-state index contributed by atoms with van der Waals surface area (Å²) in [6, 6.07) is 6.43. The molecule has 0 fully saturated rings. The normalized spacial score (nSPS) is 11.9. The predicted octanol–water partition coefficient (Wildman–Crippen LogP) is 3.71. The third-order valence-corrected chi connectivity index (χ3v) is 2.88. The van der Waals surface area contributed by atoms with E-state index in [0.717, 1.165) is 6.42 Å². The van der Waals surface area contributed by atoms with Gasteiger partial charge in [0.2, 0.25) is 0 Å². The fourth-order valence-electron chi connectivity index (χ4n) is 1.42. The lowest BCUT2D eigenvalue weighted by molar-refractivity contribution is 0.0939. The average Bonchev–Trinajstić information content (AvgIpc) is 2.29. The van der Waals surface area contributed by atoms with E-state index in [4.69, 9.17) is 5.26 Å². The highest BCUT2D eigenvalue weighted by Gasteiger charge is 2.22. The maximum absolute atomic E-state index is 13.6. The van der Waals surface area contributed by atoms with Gasteiger partial charge in [-0.25, -0.2) is 4.39 Å². The fourth-order valence-corrected chi connectivity index (χ4v) is 1.79. The van der Waals surface area contributed by atoms with E-state index in [2.05, 4.69) is 15.9 Å². The summed E-state index contributed by atoms with van der Waals surface area (Å²) < 4.78 is 13.9. The number of nitriles is 1. The summed E-state index contributed by atoms with van der Waals surface area (Å²) in [7, 11) is 0. The second-order valence-electron chi connectivity index (χ2n) is 3.44. The monoisotopic (exact) mass is 283 g/mol. The van der Waals surface area contributed by atoms with E-state index >= 15 is 0 Å². The summed E-state index contributed by atoms with van der Waals surface area (Å²) in [5.74, 6) is -1.79. The van der Waals surface area contributed by atoms with Crippen molar-refractivity contribution >= 4 is 21.7 Å². The summed E-state index contributed by atoms with van der Waals surface area (Å²) in [6.45, 7) is 1.88. The molecular formula is C12H11BrFNO. The van der Waals surface area contributed by atoms with E-state index < -0.39 is 17.5 Å². The molecule has 2 nitrogen and oxygen atoms in total. The highest BCUT2D eigenvalue weighted by molar-refractivity contribution is 9.10. The Labute approximate surface area is 102 Å². The van der Waals surface area contributed by atoms with Crippen LogP contribution in [0.3, 0.4) is 0 Å². The maximum Gasteiger partial charge on any atom is 0.182 e. The molecule has 0 aliphatic heterocycles. The zero-order valence-corrected chi connectivity index (χ0v) is 10.4. The molecule has 0 saturated heterocycles. The van der Waals surface area contributed by atoms with E-state index in [1.54, 1.807) is 6.07 Å². The van der Waals surface area contributed by atoms with Crippen molar-refractivity contribution in [3.05, 3.63) is 34.1 Å². The summed E-state index contributed by atoms with van der Waals surface area (Å²) in [6.07, 6.45) is 1.18. The predicted molar refractivity (Wildman–Crippen MR) is 62.4 cm³/mol. The minimum Gasteiger partial charge on any atom is -0.293 e. The number of carbonyl (C=O) groups excluding carboxylic acids is 1. The number of rotatable bonds is 4. The number of hydrogen-bond acceptors (Lipinski definition) is 2.